The quantitative estimate of drug-likeness (QED) is 0.692. The lowest BCUT2D eigenvalue weighted by molar-refractivity contribution is -0.118. The van der Waals surface area contributed by atoms with Crippen LogP contribution in [0.1, 0.15) is 22.5 Å². The van der Waals surface area contributed by atoms with Gasteiger partial charge in [-0.2, -0.15) is 0 Å². The molecule has 0 unspecified atom stereocenters. The molecule has 5 nitrogen and oxygen atoms in total. The molecule has 0 aliphatic rings. The average Bonchev–Trinajstić information content (AvgIpc) is 3.29. The Hall–Kier alpha value is -2.51. The lowest BCUT2D eigenvalue weighted by atomic mass is 10.2. The summed E-state index contributed by atoms with van der Waals surface area (Å²) in [5, 5.41) is 4.57. The summed E-state index contributed by atoms with van der Waals surface area (Å²) >= 11 is 3.03. The van der Waals surface area contributed by atoms with E-state index in [1.165, 1.54) is 11.3 Å². The Morgan fingerprint density at radius 3 is 2.56 bits per heavy atom. The topological polar surface area (TPSA) is 76.3 Å². The van der Waals surface area contributed by atoms with Crippen LogP contribution in [-0.2, 0) is 11.3 Å². The van der Waals surface area contributed by atoms with E-state index in [1.807, 2.05) is 47.8 Å². The molecule has 2 heterocycles. The number of carbonyl (C=O) groups excluding carboxylic acids is 2. The Labute approximate surface area is 153 Å². The highest BCUT2D eigenvalue weighted by atomic mass is 32.1. The van der Waals surface area contributed by atoms with E-state index in [0.29, 0.717) is 12.2 Å². The highest BCUT2D eigenvalue weighted by Gasteiger charge is 2.20. The SMILES string of the molecule is NC(=O)CCN(Cc1ccccc1)C(=O)c1csc(-c2cccs2)n1. The van der Waals surface area contributed by atoms with Crippen molar-refractivity contribution in [1.29, 1.82) is 0 Å². The standard InChI is InChI=1S/C18H17N3O2S2/c19-16(22)8-9-21(11-13-5-2-1-3-6-13)18(23)14-12-25-17(20-14)15-7-4-10-24-15/h1-7,10,12H,8-9,11H2,(H2,19,22). The zero-order chi connectivity index (χ0) is 17.6. The van der Waals surface area contributed by atoms with Gasteiger partial charge in [0, 0.05) is 24.9 Å². The number of primary amides is 1. The summed E-state index contributed by atoms with van der Waals surface area (Å²) in [7, 11) is 0. The summed E-state index contributed by atoms with van der Waals surface area (Å²) in [6, 6.07) is 13.6. The second kappa shape index (κ2) is 8.04. The van der Waals surface area contributed by atoms with E-state index in [2.05, 4.69) is 4.98 Å². The predicted octanol–water partition coefficient (Wildman–Crippen LogP) is 3.39. The minimum absolute atomic E-state index is 0.125. The largest absolute Gasteiger partial charge is 0.370 e. The second-order valence-corrected chi connectivity index (χ2v) is 7.25. The van der Waals surface area contributed by atoms with Gasteiger partial charge in [-0.05, 0) is 17.0 Å². The van der Waals surface area contributed by atoms with Crippen LogP contribution in [0.2, 0.25) is 0 Å². The Bertz CT molecular complexity index is 844. The van der Waals surface area contributed by atoms with Crippen molar-refractivity contribution < 1.29 is 9.59 Å². The number of benzene rings is 1. The number of aromatic nitrogens is 1. The molecule has 1 aromatic carbocycles. The number of hydrogen-bond acceptors (Lipinski definition) is 5. The van der Waals surface area contributed by atoms with Crippen LogP contribution in [0.4, 0.5) is 0 Å². The first-order chi connectivity index (χ1) is 12.1. The fourth-order valence-corrected chi connectivity index (χ4v) is 3.96. The number of amides is 2. The second-order valence-electron chi connectivity index (χ2n) is 5.44. The van der Waals surface area contributed by atoms with E-state index >= 15 is 0 Å². The summed E-state index contributed by atoms with van der Waals surface area (Å²) in [6.45, 7) is 0.688. The van der Waals surface area contributed by atoms with Gasteiger partial charge in [0.2, 0.25) is 5.91 Å². The summed E-state index contributed by atoms with van der Waals surface area (Å²) in [6.07, 6.45) is 0.125. The van der Waals surface area contributed by atoms with Crippen molar-refractivity contribution in [3.8, 4) is 9.88 Å². The van der Waals surface area contributed by atoms with E-state index in [9.17, 15) is 9.59 Å². The first-order valence-corrected chi connectivity index (χ1v) is 9.50. The lowest BCUT2D eigenvalue weighted by Crippen LogP contribution is -2.33. The maximum absolute atomic E-state index is 12.9. The third kappa shape index (κ3) is 4.52. The molecule has 3 aromatic rings. The van der Waals surface area contributed by atoms with Gasteiger partial charge in [0.05, 0.1) is 4.88 Å². The number of thiazole rings is 1. The molecule has 25 heavy (non-hydrogen) atoms. The minimum Gasteiger partial charge on any atom is -0.370 e. The van der Waals surface area contributed by atoms with Gasteiger partial charge in [-0.25, -0.2) is 4.98 Å². The van der Waals surface area contributed by atoms with Crippen molar-refractivity contribution in [3.05, 3.63) is 64.5 Å². The van der Waals surface area contributed by atoms with Gasteiger partial charge in [0.1, 0.15) is 10.7 Å². The summed E-state index contributed by atoms with van der Waals surface area (Å²) in [4.78, 5) is 31.1. The van der Waals surface area contributed by atoms with Gasteiger partial charge in [0.25, 0.3) is 5.91 Å². The molecule has 3 rings (SSSR count). The zero-order valence-corrected chi connectivity index (χ0v) is 15.1. The van der Waals surface area contributed by atoms with Gasteiger partial charge in [-0.3, -0.25) is 9.59 Å². The lowest BCUT2D eigenvalue weighted by Gasteiger charge is -2.21. The van der Waals surface area contributed by atoms with Crippen LogP contribution in [-0.4, -0.2) is 28.2 Å². The average molecular weight is 371 g/mol. The van der Waals surface area contributed by atoms with Crippen molar-refractivity contribution in [3.63, 3.8) is 0 Å². The number of rotatable bonds is 7. The molecule has 2 amide bonds. The van der Waals surface area contributed by atoms with E-state index in [1.54, 1.807) is 21.6 Å². The highest BCUT2D eigenvalue weighted by molar-refractivity contribution is 7.20. The highest BCUT2D eigenvalue weighted by Crippen LogP contribution is 2.28. The third-order valence-electron chi connectivity index (χ3n) is 3.59. The molecule has 0 spiro atoms. The van der Waals surface area contributed by atoms with E-state index in [-0.39, 0.29) is 18.9 Å². The van der Waals surface area contributed by atoms with Crippen molar-refractivity contribution in [1.82, 2.24) is 9.88 Å². The molecule has 0 aliphatic heterocycles. The van der Waals surface area contributed by atoms with Gasteiger partial charge >= 0.3 is 0 Å². The fourth-order valence-electron chi connectivity index (χ4n) is 2.35. The summed E-state index contributed by atoms with van der Waals surface area (Å²) < 4.78 is 0. The molecule has 0 radical (unpaired) electrons. The fraction of sp³-hybridized carbons (Fsp3) is 0.167. The number of hydrogen-bond donors (Lipinski definition) is 1. The molecule has 128 valence electrons. The van der Waals surface area contributed by atoms with E-state index < -0.39 is 5.91 Å². The van der Waals surface area contributed by atoms with Crippen molar-refractivity contribution >= 4 is 34.5 Å². The van der Waals surface area contributed by atoms with Crippen LogP contribution in [0.3, 0.4) is 0 Å². The maximum Gasteiger partial charge on any atom is 0.273 e. The maximum atomic E-state index is 12.9. The van der Waals surface area contributed by atoms with Crippen LogP contribution in [0, 0.1) is 0 Å². The Kier molecular flexibility index (Phi) is 5.57. The Morgan fingerprint density at radius 1 is 1.08 bits per heavy atom. The number of nitrogens with zero attached hydrogens (tertiary/aromatic N) is 2. The Balaban J connectivity index is 1.79. The van der Waals surface area contributed by atoms with Crippen LogP contribution in [0.15, 0.2) is 53.2 Å². The van der Waals surface area contributed by atoms with Gasteiger partial charge in [-0.1, -0.05) is 36.4 Å². The zero-order valence-electron chi connectivity index (χ0n) is 13.4. The molecule has 0 fully saturated rings. The van der Waals surface area contributed by atoms with Crippen molar-refractivity contribution in [2.45, 2.75) is 13.0 Å². The van der Waals surface area contributed by atoms with Gasteiger partial charge in [0.15, 0.2) is 0 Å². The smallest absolute Gasteiger partial charge is 0.273 e. The van der Waals surface area contributed by atoms with Gasteiger partial charge < -0.3 is 10.6 Å². The Morgan fingerprint density at radius 2 is 1.88 bits per heavy atom. The first-order valence-electron chi connectivity index (χ1n) is 7.74. The van der Waals surface area contributed by atoms with Crippen LogP contribution in [0.25, 0.3) is 9.88 Å². The van der Waals surface area contributed by atoms with Crippen LogP contribution < -0.4 is 5.73 Å². The molecule has 0 saturated carbocycles. The summed E-state index contributed by atoms with van der Waals surface area (Å²) in [5.74, 6) is -0.618. The third-order valence-corrected chi connectivity index (χ3v) is 5.47. The first kappa shape index (κ1) is 17.3. The number of nitrogens with two attached hydrogens (primary N) is 1. The molecule has 7 heteroatoms. The van der Waals surface area contributed by atoms with E-state index in [0.717, 1.165) is 15.4 Å². The van der Waals surface area contributed by atoms with Crippen LogP contribution >= 0.6 is 22.7 Å². The van der Waals surface area contributed by atoms with Crippen molar-refractivity contribution in [2.75, 3.05) is 6.54 Å². The molecule has 0 saturated heterocycles. The molecule has 0 aliphatic carbocycles. The summed E-state index contributed by atoms with van der Waals surface area (Å²) in [5.41, 5.74) is 6.64. The normalized spacial score (nSPS) is 10.6. The van der Waals surface area contributed by atoms with E-state index in [4.69, 9.17) is 5.73 Å². The van der Waals surface area contributed by atoms with Crippen molar-refractivity contribution in [2.24, 2.45) is 5.73 Å². The van der Waals surface area contributed by atoms with Crippen LogP contribution in [0.5, 0.6) is 0 Å². The molecule has 2 N–H and O–H groups in total. The predicted molar refractivity (Wildman–Crippen MR) is 100 cm³/mol. The molecular formula is C18H17N3O2S2. The molecule has 0 bridgehead atoms. The monoisotopic (exact) mass is 371 g/mol. The molecule has 2 aromatic heterocycles. The molecule has 0 atom stereocenters. The number of carbonyl (C=O) groups is 2. The van der Waals surface area contributed by atoms with Gasteiger partial charge in [-0.15, -0.1) is 22.7 Å². The number of thiophene rings is 1. The molecular weight excluding hydrogens is 354 g/mol. The minimum atomic E-state index is -0.427.